The molecule has 0 aliphatic carbocycles. The molecule has 0 fully saturated rings. The van der Waals surface area contributed by atoms with E-state index in [1.165, 1.54) is 18.4 Å². The van der Waals surface area contributed by atoms with Crippen LogP contribution in [0.1, 0.15) is 18.7 Å². The highest BCUT2D eigenvalue weighted by molar-refractivity contribution is 7.10. The zero-order chi connectivity index (χ0) is 11.6. The number of aliphatic carboxylic acids is 1. The quantitative estimate of drug-likeness (QED) is 0.891. The summed E-state index contributed by atoms with van der Waals surface area (Å²) < 4.78 is 5.00. The van der Waals surface area contributed by atoms with E-state index in [9.17, 15) is 4.79 Å². The molecule has 0 saturated carbocycles. The van der Waals surface area contributed by atoms with Crippen LogP contribution in [0, 0.1) is 0 Å². The van der Waals surface area contributed by atoms with Crippen LogP contribution >= 0.6 is 22.9 Å². The molecular formula is C10H13ClO3S. The number of carbonyl (C=O) groups is 1. The van der Waals surface area contributed by atoms with E-state index in [0.717, 1.165) is 4.88 Å². The Labute approximate surface area is 97.6 Å². The van der Waals surface area contributed by atoms with Gasteiger partial charge in [0.25, 0.3) is 0 Å². The molecule has 0 aliphatic heterocycles. The summed E-state index contributed by atoms with van der Waals surface area (Å²) in [6, 6.07) is 1.76. The Morgan fingerprint density at radius 3 is 2.60 bits per heavy atom. The fourth-order valence-electron chi connectivity index (χ4n) is 1.58. The van der Waals surface area contributed by atoms with Gasteiger partial charge in [-0.15, -0.1) is 11.3 Å². The van der Waals surface area contributed by atoms with Gasteiger partial charge in [0.15, 0.2) is 6.10 Å². The van der Waals surface area contributed by atoms with E-state index in [2.05, 4.69) is 0 Å². The van der Waals surface area contributed by atoms with Crippen LogP contribution < -0.4 is 0 Å². The number of halogens is 1. The molecule has 0 radical (unpaired) electrons. The standard InChI is InChI=1S/C10H13ClO3S/c1-10(2,7(14-3)9(12)13)8-6(11)4-5-15-8/h4-5,7H,1-3H3,(H,12,13). The van der Waals surface area contributed by atoms with Crippen LogP contribution in [0.5, 0.6) is 0 Å². The Kier molecular flexibility index (Phi) is 3.76. The van der Waals surface area contributed by atoms with Crippen molar-refractivity contribution in [3.63, 3.8) is 0 Å². The molecule has 1 rings (SSSR count). The minimum Gasteiger partial charge on any atom is -0.479 e. The molecule has 15 heavy (non-hydrogen) atoms. The van der Waals surface area contributed by atoms with Crippen molar-refractivity contribution in [2.75, 3.05) is 7.11 Å². The van der Waals surface area contributed by atoms with Gasteiger partial charge in [-0.2, -0.15) is 0 Å². The molecule has 3 nitrogen and oxygen atoms in total. The largest absolute Gasteiger partial charge is 0.479 e. The third-order valence-electron chi connectivity index (χ3n) is 2.32. The first-order valence-electron chi connectivity index (χ1n) is 4.40. The summed E-state index contributed by atoms with van der Waals surface area (Å²) in [5, 5.41) is 11.5. The number of carboxylic acid groups (broad SMARTS) is 1. The van der Waals surface area contributed by atoms with Crippen LogP contribution in [0.2, 0.25) is 5.02 Å². The molecule has 1 heterocycles. The number of ether oxygens (including phenoxy) is 1. The highest BCUT2D eigenvalue weighted by atomic mass is 35.5. The molecule has 0 aliphatic rings. The Morgan fingerprint density at radius 1 is 1.67 bits per heavy atom. The minimum absolute atomic E-state index is 0.591. The monoisotopic (exact) mass is 248 g/mol. The van der Waals surface area contributed by atoms with E-state index in [0.29, 0.717) is 5.02 Å². The lowest BCUT2D eigenvalue weighted by Crippen LogP contribution is -2.41. The lowest BCUT2D eigenvalue weighted by atomic mass is 9.84. The van der Waals surface area contributed by atoms with E-state index in [1.807, 2.05) is 19.2 Å². The van der Waals surface area contributed by atoms with Crippen molar-refractivity contribution >= 4 is 28.9 Å². The van der Waals surface area contributed by atoms with E-state index in [1.54, 1.807) is 6.07 Å². The summed E-state index contributed by atoms with van der Waals surface area (Å²) in [5.74, 6) is -0.980. The van der Waals surface area contributed by atoms with Gasteiger partial charge in [0.2, 0.25) is 0 Å². The van der Waals surface area contributed by atoms with Gasteiger partial charge in [-0.05, 0) is 11.4 Å². The predicted molar refractivity (Wildman–Crippen MR) is 60.8 cm³/mol. The average Bonchev–Trinajstić information content (AvgIpc) is 2.51. The second kappa shape index (κ2) is 4.51. The van der Waals surface area contributed by atoms with Crippen molar-refractivity contribution < 1.29 is 14.6 Å². The highest BCUT2D eigenvalue weighted by Gasteiger charge is 2.39. The lowest BCUT2D eigenvalue weighted by molar-refractivity contribution is -0.152. The van der Waals surface area contributed by atoms with Crippen LogP contribution in [0.4, 0.5) is 0 Å². The van der Waals surface area contributed by atoms with E-state index >= 15 is 0 Å². The van der Waals surface area contributed by atoms with Gasteiger partial charge in [0.05, 0.1) is 5.02 Å². The van der Waals surface area contributed by atoms with Gasteiger partial charge in [-0.1, -0.05) is 25.4 Å². The third-order valence-corrected chi connectivity index (χ3v) is 4.00. The lowest BCUT2D eigenvalue weighted by Gasteiger charge is -2.29. The van der Waals surface area contributed by atoms with Gasteiger partial charge in [0.1, 0.15) is 0 Å². The topological polar surface area (TPSA) is 46.5 Å². The average molecular weight is 249 g/mol. The Bertz CT molecular complexity index is 359. The van der Waals surface area contributed by atoms with Crippen molar-refractivity contribution in [3.8, 4) is 0 Å². The number of rotatable bonds is 4. The van der Waals surface area contributed by atoms with Crippen molar-refractivity contribution in [3.05, 3.63) is 21.3 Å². The van der Waals surface area contributed by atoms with Gasteiger partial charge < -0.3 is 9.84 Å². The Balaban J connectivity index is 3.11. The molecule has 0 amide bonds. The van der Waals surface area contributed by atoms with Gasteiger partial charge in [-0.3, -0.25) is 0 Å². The zero-order valence-electron chi connectivity index (χ0n) is 8.78. The van der Waals surface area contributed by atoms with Crippen molar-refractivity contribution in [1.82, 2.24) is 0 Å². The van der Waals surface area contributed by atoms with Crippen LogP contribution in [-0.4, -0.2) is 24.3 Å². The van der Waals surface area contributed by atoms with Gasteiger partial charge >= 0.3 is 5.97 Å². The highest BCUT2D eigenvalue weighted by Crippen LogP contribution is 2.37. The molecule has 1 unspecified atom stereocenters. The molecule has 1 aromatic heterocycles. The SMILES string of the molecule is COC(C(=O)O)C(C)(C)c1sccc1Cl. The first kappa shape index (κ1) is 12.5. The zero-order valence-corrected chi connectivity index (χ0v) is 10.4. The number of thiophene rings is 1. The fraction of sp³-hybridized carbons (Fsp3) is 0.500. The predicted octanol–water partition coefficient (Wildman–Crippen LogP) is 2.78. The van der Waals surface area contributed by atoms with E-state index < -0.39 is 17.5 Å². The van der Waals surface area contributed by atoms with Crippen LogP contribution in [0.25, 0.3) is 0 Å². The van der Waals surface area contributed by atoms with Gasteiger partial charge in [0, 0.05) is 17.4 Å². The number of carboxylic acids is 1. The smallest absolute Gasteiger partial charge is 0.333 e. The van der Waals surface area contributed by atoms with Crippen LogP contribution in [0.3, 0.4) is 0 Å². The number of methoxy groups -OCH3 is 1. The normalized spacial score (nSPS) is 13.9. The van der Waals surface area contributed by atoms with Crippen molar-refractivity contribution in [2.24, 2.45) is 0 Å². The molecule has 0 spiro atoms. The molecule has 0 bridgehead atoms. The van der Waals surface area contributed by atoms with Crippen molar-refractivity contribution in [2.45, 2.75) is 25.4 Å². The molecule has 0 saturated heterocycles. The number of hydrogen-bond donors (Lipinski definition) is 1. The van der Waals surface area contributed by atoms with E-state index in [-0.39, 0.29) is 0 Å². The van der Waals surface area contributed by atoms with Gasteiger partial charge in [-0.25, -0.2) is 4.79 Å². The maximum absolute atomic E-state index is 11.0. The molecular weight excluding hydrogens is 236 g/mol. The Hall–Kier alpha value is -0.580. The summed E-state index contributed by atoms with van der Waals surface area (Å²) in [7, 11) is 1.39. The summed E-state index contributed by atoms with van der Waals surface area (Å²) in [4.78, 5) is 11.9. The first-order chi connectivity index (χ1) is 6.91. The number of hydrogen-bond acceptors (Lipinski definition) is 3. The maximum atomic E-state index is 11.0. The summed E-state index contributed by atoms with van der Waals surface area (Å²) >= 11 is 7.43. The minimum atomic E-state index is -0.980. The Morgan fingerprint density at radius 2 is 2.27 bits per heavy atom. The second-order valence-corrected chi connectivity index (χ2v) is 5.10. The second-order valence-electron chi connectivity index (χ2n) is 3.77. The molecule has 84 valence electrons. The van der Waals surface area contributed by atoms with Crippen molar-refractivity contribution in [1.29, 1.82) is 0 Å². The summed E-state index contributed by atoms with van der Waals surface area (Å²) in [6.45, 7) is 3.62. The van der Waals surface area contributed by atoms with E-state index in [4.69, 9.17) is 21.4 Å². The summed E-state index contributed by atoms with van der Waals surface area (Å²) in [6.07, 6.45) is -0.895. The van der Waals surface area contributed by atoms with Crippen LogP contribution in [0.15, 0.2) is 11.4 Å². The third kappa shape index (κ3) is 2.33. The maximum Gasteiger partial charge on any atom is 0.333 e. The molecule has 1 atom stereocenters. The molecule has 0 aromatic carbocycles. The molecule has 1 aromatic rings. The summed E-state index contributed by atoms with van der Waals surface area (Å²) in [5.41, 5.74) is -0.633. The molecule has 5 heteroatoms. The first-order valence-corrected chi connectivity index (χ1v) is 5.66. The molecule has 1 N–H and O–H groups in total. The fourth-order valence-corrected chi connectivity index (χ4v) is 3.02. The van der Waals surface area contributed by atoms with Crippen LogP contribution in [-0.2, 0) is 14.9 Å².